The minimum absolute atomic E-state index is 0. The Morgan fingerprint density at radius 1 is 0.464 bits per heavy atom. The zero-order valence-electron chi connectivity index (χ0n) is 14.7. The van der Waals surface area contributed by atoms with Crippen LogP contribution in [0.5, 0.6) is 0 Å². The Morgan fingerprint density at radius 2 is 0.500 bits per heavy atom. The summed E-state index contributed by atoms with van der Waals surface area (Å²) in [6.45, 7) is 4.54. The van der Waals surface area contributed by atoms with Crippen LogP contribution in [-0.2, 0) is 86.3 Å². The average Bonchev–Trinajstić information content (AvgIpc) is 2.40. The van der Waals surface area contributed by atoms with E-state index in [0.717, 1.165) is 27.7 Å². The van der Waals surface area contributed by atoms with Gasteiger partial charge in [-0.25, -0.2) is 0 Å². The van der Waals surface area contributed by atoms with E-state index in [-0.39, 0.29) is 67.1 Å². The predicted octanol–water partition coefficient (Wildman–Crippen LogP) is -7.54. The molecule has 172 valence electrons. The van der Waals surface area contributed by atoms with Crippen LogP contribution >= 0.6 is 0 Å². The van der Waals surface area contributed by atoms with Crippen LogP contribution in [0.4, 0.5) is 0 Å². The topological polar surface area (TPSA) is 241 Å². The first kappa shape index (κ1) is 50.9. The largest absolute Gasteiger partial charge is 2.00 e. The van der Waals surface area contributed by atoms with E-state index in [2.05, 4.69) is 0 Å². The first-order valence-electron chi connectivity index (χ1n) is 6.13. The van der Waals surface area contributed by atoms with Crippen molar-refractivity contribution in [3.05, 3.63) is 0 Å². The van der Waals surface area contributed by atoms with E-state index in [9.17, 15) is 39.6 Å². The molecule has 0 aromatic heterocycles. The number of carboxylic acid groups (broad SMARTS) is 4. The average molecular weight is 592 g/mol. The van der Waals surface area contributed by atoms with Gasteiger partial charge in [0.15, 0.2) is 0 Å². The second-order valence-corrected chi connectivity index (χ2v) is 3.98. The van der Waals surface area contributed by atoms with Gasteiger partial charge in [0.25, 0.3) is 0 Å². The summed E-state index contributed by atoms with van der Waals surface area (Å²) in [6.07, 6.45) is -5.37. The minimum atomic E-state index is -1.44. The Hall–Kier alpha value is -0.254. The molecule has 16 heteroatoms. The number of rotatable bonds is 4. The van der Waals surface area contributed by atoms with Gasteiger partial charge < -0.3 is 60.0 Å². The van der Waals surface area contributed by atoms with E-state index in [1.807, 2.05) is 0 Å². The summed E-state index contributed by atoms with van der Waals surface area (Å²) in [5, 5.41) is 69.2. The molecule has 0 aliphatic carbocycles. The van der Waals surface area contributed by atoms with Crippen molar-refractivity contribution < 1.29 is 127 Å². The molecule has 0 amide bonds. The van der Waals surface area contributed by atoms with Crippen LogP contribution in [0, 0.1) is 0 Å². The number of aliphatic hydroxyl groups excluding tert-OH is 4. The maximum Gasteiger partial charge on any atom is 2.00 e. The van der Waals surface area contributed by atoms with E-state index >= 15 is 0 Å². The van der Waals surface area contributed by atoms with E-state index < -0.39 is 48.3 Å². The van der Waals surface area contributed by atoms with Crippen molar-refractivity contribution in [2.24, 2.45) is 0 Å². The fraction of sp³-hybridized carbons (Fsp3) is 0.667. The fourth-order valence-electron chi connectivity index (χ4n) is 0. The first-order chi connectivity index (χ1) is 10.6. The van der Waals surface area contributed by atoms with Crippen molar-refractivity contribution in [2.75, 3.05) is 0 Å². The van der Waals surface area contributed by atoms with Crippen LogP contribution in [0.3, 0.4) is 0 Å². The molecule has 0 aliphatic heterocycles. The van der Waals surface area contributed by atoms with Crippen LogP contribution in [-0.4, -0.2) is 68.7 Å². The molecule has 0 aromatic carbocycles. The van der Waals surface area contributed by atoms with Gasteiger partial charge >= 0.3 is 67.1 Å². The van der Waals surface area contributed by atoms with Crippen LogP contribution in [0.2, 0.25) is 0 Å². The molecule has 4 N–H and O–H groups in total. The molecule has 4 unspecified atom stereocenters. The summed E-state index contributed by atoms with van der Waals surface area (Å²) >= 11 is 0. The van der Waals surface area contributed by atoms with Crippen molar-refractivity contribution in [3.8, 4) is 0 Å². The van der Waals surface area contributed by atoms with E-state index in [1.54, 1.807) is 0 Å². The standard InChI is InChI=1S/4C3H6O3.4Co/c4*1-2(4)3(5)6;;;;/h4*2,4H,1H3,(H,5,6);;;;/q;;;;4*+2/p-4. The summed E-state index contributed by atoms with van der Waals surface area (Å²) < 4.78 is 0. The zero-order valence-corrected chi connectivity index (χ0v) is 18.9. The predicted molar refractivity (Wildman–Crippen MR) is 66.8 cm³/mol. The summed E-state index contributed by atoms with van der Waals surface area (Å²) in [5.41, 5.74) is 0. The number of carbonyl (C=O) groups excluding carboxylic acids is 4. The molecule has 4 radical (unpaired) electrons. The zero-order chi connectivity index (χ0) is 20.6. The molecular formula is C12H20Co4O12+4. The van der Waals surface area contributed by atoms with Gasteiger partial charge in [-0.2, -0.15) is 0 Å². The second-order valence-electron chi connectivity index (χ2n) is 3.98. The third kappa shape index (κ3) is 63.6. The minimum Gasteiger partial charge on any atom is -0.547 e. The van der Waals surface area contributed by atoms with Gasteiger partial charge in [-0.1, -0.05) is 0 Å². The maximum atomic E-state index is 9.34. The number of carbonyl (C=O) groups is 4. The number of aliphatic carboxylic acids is 4. The van der Waals surface area contributed by atoms with Crippen LogP contribution in [0.25, 0.3) is 0 Å². The maximum absolute atomic E-state index is 9.34. The van der Waals surface area contributed by atoms with Crippen molar-refractivity contribution in [3.63, 3.8) is 0 Å². The molecular weight excluding hydrogens is 572 g/mol. The van der Waals surface area contributed by atoms with Gasteiger partial charge in [-0.15, -0.1) is 0 Å². The molecule has 12 nitrogen and oxygen atoms in total. The van der Waals surface area contributed by atoms with Crippen LogP contribution in [0.15, 0.2) is 0 Å². The molecule has 0 fully saturated rings. The van der Waals surface area contributed by atoms with E-state index in [1.165, 1.54) is 0 Å². The van der Waals surface area contributed by atoms with Gasteiger partial charge in [0.05, 0.1) is 48.3 Å². The molecule has 0 aliphatic rings. The van der Waals surface area contributed by atoms with Gasteiger partial charge in [0.1, 0.15) is 0 Å². The molecule has 0 heterocycles. The van der Waals surface area contributed by atoms with E-state index in [4.69, 9.17) is 20.4 Å². The van der Waals surface area contributed by atoms with Crippen molar-refractivity contribution in [1.29, 1.82) is 0 Å². The molecule has 0 spiro atoms. The SMILES string of the molecule is CC(O)C(=O)[O-].CC(O)C(=O)[O-].CC(O)C(=O)[O-].CC(O)C(=O)[O-].[Co+2].[Co+2].[Co+2].[Co+2]. The van der Waals surface area contributed by atoms with Gasteiger partial charge in [0.2, 0.25) is 0 Å². The number of hydrogen-bond donors (Lipinski definition) is 4. The van der Waals surface area contributed by atoms with Crippen LogP contribution < -0.4 is 20.4 Å². The summed E-state index contributed by atoms with van der Waals surface area (Å²) in [5.74, 6) is -5.74. The molecule has 0 bridgehead atoms. The number of hydrogen-bond acceptors (Lipinski definition) is 12. The third-order valence-corrected chi connectivity index (χ3v) is 1.36. The summed E-state index contributed by atoms with van der Waals surface area (Å²) in [4.78, 5) is 37.4. The number of carboxylic acids is 4. The van der Waals surface area contributed by atoms with Crippen LogP contribution in [0.1, 0.15) is 27.7 Å². The third-order valence-electron chi connectivity index (χ3n) is 1.36. The van der Waals surface area contributed by atoms with E-state index in [0.29, 0.717) is 0 Å². The normalized spacial score (nSPS) is 11.7. The molecule has 0 aromatic rings. The molecule has 0 saturated carbocycles. The Morgan fingerprint density at radius 3 is 0.500 bits per heavy atom. The second kappa shape index (κ2) is 31.4. The Balaban J connectivity index is -0.0000000303. The smallest absolute Gasteiger partial charge is 0.547 e. The fourth-order valence-corrected chi connectivity index (χ4v) is 0. The van der Waals surface area contributed by atoms with Gasteiger partial charge in [-0.3, -0.25) is 0 Å². The molecule has 0 saturated heterocycles. The van der Waals surface area contributed by atoms with Crippen molar-refractivity contribution in [2.45, 2.75) is 52.1 Å². The Bertz CT molecular complexity index is 317. The first-order valence-corrected chi connectivity index (χ1v) is 6.13. The Labute approximate surface area is 202 Å². The van der Waals surface area contributed by atoms with Gasteiger partial charge in [0, 0.05) is 0 Å². The van der Waals surface area contributed by atoms with Crippen molar-refractivity contribution >= 4 is 23.9 Å². The summed E-state index contributed by atoms with van der Waals surface area (Å²) in [7, 11) is 0. The summed E-state index contributed by atoms with van der Waals surface area (Å²) in [6, 6.07) is 0. The van der Waals surface area contributed by atoms with Gasteiger partial charge in [-0.05, 0) is 27.7 Å². The molecule has 28 heavy (non-hydrogen) atoms. The number of aliphatic hydroxyl groups is 4. The quantitative estimate of drug-likeness (QED) is 0.238. The monoisotopic (exact) mass is 592 g/mol. The molecule has 0 rings (SSSR count). The molecule has 4 atom stereocenters. The van der Waals surface area contributed by atoms with Crippen molar-refractivity contribution in [1.82, 2.24) is 0 Å². The Kier molecular flexibility index (Phi) is 57.2.